The van der Waals surface area contributed by atoms with Crippen LogP contribution in [0.15, 0.2) is 24.3 Å². The predicted molar refractivity (Wildman–Crippen MR) is 57.7 cm³/mol. The Morgan fingerprint density at radius 2 is 2.13 bits per heavy atom. The van der Waals surface area contributed by atoms with Gasteiger partial charge in [-0.1, -0.05) is 25.1 Å². The molecule has 1 rings (SSSR count). The fourth-order valence-electron chi connectivity index (χ4n) is 1.27. The monoisotopic (exact) mass is 208 g/mol. The standard InChI is InChI=1S/C12H16O3/c1-2-5-12(14)15-9-8-10-6-3-4-7-11(10)13/h3-4,6-7,13H,2,5,8-9H2,1H3. The Balaban J connectivity index is 2.32. The average Bonchev–Trinajstić information content (AvgIpc) is 2.21. The molecule has 0 saturated heterocycles. The van der Waals surface area contributed by atoms with Crippen LogP contribution in [0.25, 0.3) is 0 Å². The second-order valence-corrected chi connectivity index (χ2v) is 3.35. The minimum Gasteiger partial charge on any atom is -0.508 e. The van der Waals surface area contributed by atoms with Crippen molar-refractivity contribution in [3.05, 3.63) is 29.8 Å². The molecule has 0 saturated carbocycles. The highest BCUT2D eigenvalue weighted by molar-refractivity contribution is 5.69. The summed E-state index contributed by atoms with van der Waals surface area (Å²) in [6.07, 6.45) is 1.82. The van der Waals surface area contributed by atoms with Gasteiger partial charge in [-0.2, -0.15) is 0 Å². The van der Waals surface area contributed by atoms with E-state index in [0.717, 1.165) is 12.0 Å². The number of esters is 1. The molecule has 0 aliphatic rings. The first-order chi connectivity index (χ1) is 7.24. The van der Waals surface area contributed by atoms with E-state index >= 15 is 0 Å². The van der Waals surface area contributed by atoms with Crippen LogP contribution in [0, 0.1) is 0 Å². The topological polar surface area (TPSA) is 46.5 Å². The van der Waals surface area contributed by atoms with E-state index in [-0.39, 0.29) is 11.7 Å². The summed E-state index contributed by atoms with van der Waals surface area (Å²) >= 11 is 0. The third-order valence-corrected chi connectivity index (χ3v) is 2.08. The zero-order valence-corrected chi connectivity index (χ0v) is 8.90. The van der Waals surface area contributed by atoms with Crippen molar-refractivity contribution in [3.63, 3.8) is 0 Å². The first-order valence-corrected chi connectivity index (χ1v) is 5.16. The predicted octanol–water partition coefficient (Wildman–Crippen LogP) is 2.28. The SMILES string of the molecule is CCCC(=O)OCCc1ccccc1O. The van der Waals surface area contributed by atoms with Gasteiger partial charge in [0.25, 0.3) is 0 Å². The van der Waals surface area contributed by atoms with Gasteiger partial charge in [0.15, 0.2) is 0 Å². The molecule has 1 aromatic carbocycles. The molecule has 3 heteroatoms. The summed E-state index contributed by atoms with van der Waals surface area (Å²) in [5.74, 6) is 0.0805. The van der Waals surface area contributed by atoms with Crippen LogP contribution < -0.4 is 0 Å². The van der Waals surface area contributed by atoms with Gasteiger partial charge in [-0.05, 0) is 18.1 Å². The van der Waals surface area contributed by atoms with E-state index in [1.807, 2.05) is 19.1 Å². The lowest BCUT2D eigenvalue weighted by Gasteiger charge is -2.05. The normalized spacial score (nSPS) is 9.93. The fourth-order valence-corrected chi connectivity index (χ4v) is 1.27. The molecule has 1 aromatic rings. The van der Waals surface area contributed by atoms with Crippen molar-refractivity contribution in [1.82, 2.24) is 0 Å². The molecule has 82 valence electrons. The van der Waals surface area contributed by atoms with Crippen LogP contribution in [0.1, 0.15) is 25.3 Å². The molecule has 0 atom stereocenters. The Bertz CT molecular complexity index is 320. The molecule has 0 amide bonds. The van der Waals surface area contributed by atoms with Crippen LogP contribution in [0.3, 0.4) is 0 Å². The van der Waals surface area contributed by atoms with E-state index in [1.165, 1.54) is 0 Å². The molecule has 3 nitrogen and oxygen atoms in total. The summed E-state index contributed by atoms with van der Waals surface area (Å²) in [6, 6.07) is 7.07. The Hall–Kier alpha value is -1.51. The summed E-state index contributed by atoms with van der Waals surface area (Å²) < 4.78 is 4.99. The summed E-state index contributed by atoms with van der Waals surface area (Å²) in [6.45, 7) is 2.26. The zero-order valence-electron chi connectivity index (χ0n) is 8.90. The summed E-state index contributed by atoms with van der Waals surface area (Å²) in [7, 11) is 0. The highest BCUT2D eigenvalue weighted by Crippen LogP contribution is 2.15. The van der Waals surface area contributed by atoms with Gasteiger partial charge in [0, 0.05) is 12.8 Å². The number of ether oxygens (including phenoxy) is 1. The second-order valence-electron chi connectivity index (χ2n) is 3.35. The second kappa shape index (κ2) is 6.06. The van der Waals surface area contributed by atoms with Crippen LogP contribution in [0.4, 0.5) is 0 Å². The van der Waals surface area contributed by atoms with E-state index in [0.29, 0.717) is 19.4 Å². The number of phenols is 1. The lowest BCUT2D eigenvalue weighted by Crippen LogP contribution is -2.07. The van der Waals surface area contributed by atoms with Crippen molar-refractivity contribution in [3.8, 4) is 5.75 Å². The minimum absolute atomic E-state index is 0.173. The van der Waals surface area contributed by atoms with E-state index in [9.17, 15) is 9.90 Å². The lowest BCUT2D eigenvalue weighted by molar-refractivity contribution is -0.143. The van der Waals surface area contributed by atoms with Crippen molar-refractivity contribution >= 4 is 5.97 Å². The average molecular weight is 208 g/mol. The van der Waals surface area contributed by atoms with E-state index < -0.39 is 0 Å². The van der Waals surface area contributed by atoms with Crippen LogP contribution in [0.2, 0.25) is 0 Å². The summed E-state index contributed by atoms with van der Waals surface area (Å²) in [5, 5.41) is 9.44. The first kappa shape index (κ1) is 11.6. The van der Waals surface area contributed by atoms with E-state index in [2.05, 4.69) is 0 Å². The van der Waals surface area contributed by atoms with E-state index in [4.69, 9.17) is 4.74 Å². The number of rotatable bonds is 5. The molecule has 0 fully saturated rings. The highest BCUT2D eigenvalue weighted by Gasteiger charge is 2.03. The number of benzene rings is 1. The van der Waals surface area contributed by atoms with Gasteiger partial charge < -0.3 is 9.84 Å². The maximum atomic E-state index is 11.0. The number of carbonyl (C=O) groups is 1. The quantitative estimate of drug-likeness (QED) is 0.755. The summed E-state index contributed by atoms with van der Waals surface area (Å²) in [5.41, 5.74) is 0.807. The molecule has 0 bridgehead atoms. The third-order valence-electron chi connectivity index (χ3n) is 2.08. The van der Waals surface area contributed by atoms with Gasteiger partial charge in [0.2, 0.25) is 0 Å². The van der Waals surface area contributed by atoms with Crippen LogP contribution in [0.5, 0.6) is 5.75 Å². The van der Waals surface area contributed by atoms with Crippen molar-refractivity contribution in [2.24, 2.45) is 0 Å². The Morgan fingerprint density at radius 1 is 1.40 bits per heavy atom. The van der Waals surface area contributed by atoms with Crippen LogP contribution in [-0.2, 0) is 16.0 Å². The molecule has 15 heavy (non-hydrogen) atoms. The number of carbonyl (C=O) groups excluding carboxylic acids is 1. The van der Waals surface area contributed by atoms with Gasteiger partial charge in [-0.25, -0.2) is 0 Å². The molecule has 0 spiro atoms. The third kappa shape index (κ3) is 4.02. The number of hydrogen-bond donors (Lipinski definition) is 1. The van der Waals surface area contributed by atoms with Gasteiger partial charge in [-0.15, -0.1) is 0 Å². The van der Waals surface area contributed by atoms with Crippen LogP contribution >= 0.6 is 0 Å². The van der Waals surface area contributed by atoms with Crippen molar-refractivity contribution in [1.29, 1.82) is 0 Å². The van der Waals surface area contributed by atoms with Crippen molar-refractivity contribution in [2.45, 2.75) is 26.2 Å². The Labute approximate surface area is 89.7 Å². The molecule has 0 heterocycles. The largest absolute Gasteiger partial charge is 0.508 e. The Kier molecular flexibility index (Phi) is 4.68. The lowest BCUT2D eigenvalue weighted by atomic mass is 10.1. The maximum Gasteiger partial charge on any atom is 0.305 e. The van der Waals surface area contributed by atoms with Gasteiger partial charge in [0.1, 0.15) is 5.75 Å². The smallest absolute Gasteiger partial charge is 0.305 e. The van der Waals surface area contributed by atoms with Crippen LogP contribution in [-0.4, -0.2) is 17.7 Å². The number of hydrogen-bond acceptors (Lipinski definition) is 3. The molecule has 0 unspecified atom stereocenters. The molecule has 0 aliphatic carbocycles. The molecular weight excluding hydrogens is 192 g/mol. The zero-order chi connectivity index (χ0) is 11.1. The van der Waals surface area contributed by atoms with Crippen molar-refractivity contribution < 1.29 is 14.6 Å². The molecule has 1 N–H and O–H groups in total. The molecule has 0 aliphatic heterocycles. The minimum atomic E-state index is -0.173. The van der Waals surface area contributed by atoms with Gasteiger partial charge >= 0.3 is 5.97 Å². The highest BCUT2D eigenvalue weighted by atomic mass is 16.5. The van der Waals surface area contributed by atoms with E-state index in [1.54, 1.807) is 12.1 Å². The Morgan fingerprint density at radius 3 is 2.80 bits per heavy atom. The van der Waals surface area contributed by atoms with Gasteiger partial charge in [-0.3, -0.25) is 4.79 Å². The number of phenolic OH excluding ortho intramolecular Hbond substituents is 1. The number of aromatic hydroxyl groups is 1. The molecule has 0 aromatic heterocycles. The van der Waals surface area contributed by atoms with Gasteiger partial charge in [0.05, 0.1) is 6.61 Å². The maximum absolute atomic E-state index is 11.0. The molecule has 0 radical (unpaired) electrons. The van der Waals surface area contributed by atoms with Crippen molar-refractivity contribution in [2.75, 3.05) is 6.61 Å². The summed E-state index contributed by atoms with van der Waals surface area (Å²) in [4.78, 5) is 11.0. The molecular formula is C12H16O3. The fraction of sp³-hybridized carbons (Fsp3) is 0.417. The number of para-hydroxylation sites is 1. The first-order valence-electron chi connectivity index (χ1n) is 5.16.